The molecule has 0 amide bonds. The highest BCUT2D eigenvalue weighted by Gasteiger charge is 2.20. The SMILES string of the molecule is CCN1CCOC(Cn2c(=O)ccn(C)c2=O)C1. The number of aryl methyl sites for hydroxylation is 1. The highest BCUT2D eigenvalue weighted by Crippen LogP contribution is 2.05. The molecule has 1 atom stereocenters. The third kappa shape index (κ3) is 2.70. The maximum atomic E-state index is 11.9. The van der Waals surface area contributed by atoms with Crippen LogP contribution in [0.3, 0.4) is 0 Å². The Morgan fingerprint density at radius 1 is 1.44 bits per heavy atom. The molecule has 2 rings (SSSR count). The Labute approximate surface area is 105 Å². The van der Waals surface area contributed by atoms with Crippen molar-refractivity contribution in [1.29, 1.82) is 0 Å². The minimum atomic E-state index is -0.292. The monoisotopic (exact) mass is 253 g/mol. The molecular weight excluding hydrogens is 234 g/mol. The molecule has 0 bridgehead atoms. The molecule has 1 fully saturated rings. The van der Waals surface area contributed by atoms with Gasteiger partial charge in [-0.05, 0) is 6.54 Å². The molecule has 6 nitrogen and oxygen atoms in total. The van der Waals surface area contributed by atoms with Gasteiger partial charge in [-0.3, -0.25) is 14.3 Å². The summed E-state index contributed by atoms with van der Waals surface area (Å²) in [5, 5.41) is 0. The van der Waals surface area contributed by atoms with Gasteiger partial charge in [0.05, 0.1) is 19.3 Å². The van der Waals surface area contributed by atoms with Crippen LogP contribution in [0.5, 0.6) is 0 Å². The topological polar surface area (TPSA) is 56.5 Å². The van der Waals surface area contributed by atoms with Crippen LogP contribution in [0.4, 0.5) is 0 Å². The molecule has 0 aromatic carbocycles. The standard InChI is InChI=1S/C12H19N3O3/c1-3-14-6-7-18-10(8-14)9-15-11(16)4-5-13(2)12(15)17/h4-5,10H,3,6-9H2,1-2H3. The number of likely N-dealkylation sites (N-methyl/N-ethyl adjacent to an activating group) is 1. The Balaban J connectivity index is 2.17. The van der Waals surface area contributed by atoms with Gasteiger partial charge in [-0.15, -0.1) is 0 Å². The second kappa shape index (κ2) is 5.49. The van der Waals surface area contributed by atoms with Crippen molar-refractivity contribution in [2.24, 2.45) is 7.05 Å². The van der Waals surface area contributed by atoms with E-state index in [0.717, 1.165) is 19.6 Å². The average molecular weight is 253 g/mol. The van der Waals surface area contributed by atoms with E-state index in [4.69, 9.17) is 4.74 Å². The number of morpholine rings is 1. The molecule has 100 valence electrons. The fraction of sp³-hybridized carbons (Fsp3) is 0.667. The highest BCUT2D eigenvalue weighted by molar-refractivity contribution is 4.86. The van der Waals surface area contributed by atoms with Crippen molar-refractivity contribution in [3.05, 3.63) is 33.1 Å². The van der Waals surface area contributed by atoms with Gasteiger partial charge in [0.1, 0.15) is 0 Å². The lowest BCUT2D eigenvalue weighted by Gasteiger charge is -2.32. The summed E-state index contributed by atoms with van der Waals surface area (Å²) in [5.74, 6) is 0. The Kier molecular flexibility index (Phi) is 3.98. The predicted molar refractivity (Wildman–Crippen MR) is 67.8 cm³/mol. The maximum Gasteiger partial charge on any atom is 0.330 e. The normalized spacial score (nSPS) is 21.1. The minimum Gasteiger partial charge on any atom is -0.374 e. The molecule has 1 saturated heterocycles. The van der Waals surface area contributed by atoms with Crippen LogP contribution in [0.15, 0.2) is 21.9 Å². The summed E-state index contributed by atoms with van der Waals surface area (Å²) in [5.41, 5.74) is -0.560. The van der Waals surface area contributed by atoms with E-state index in [9.17, 15) is 9.59 Å². The first-order valence-electron chi connectivity index (χ1n) is 6.22. The minimum absolute atomic E-state index is 0.0912. The zero-order chi connectivity index (χ0) is 13.1. The Bertz CT molecular complexity index is 520. The van der Waals surface area contributed by atoms with Crippen molar-refractivity contribution in [3.8, 4) is 0 Å². The fourth-order valence-electron chi connectivity index (χ4n) is 2.16. The summed E-state index contributed by atoms with van der Waals surface area (Å²) in [6, 6.07) is 1.40. The van der Waals surface area contributed by atoms with Gasteiger partial charge < -0.3 is 9.30 Å². The molecule has 1 aliphatic rings. The lowest BCUT2D eigenvalue weighted by molar-refractivity contribution is -0.0353. The van der Waals surface area contributed by atoms with Crippen molar-refractivity contribution in [3.63, 3.8) is 0 Å². The molecule has 1 aromatic heterocycles. The Hall–Kier alpha value is -1.40. The van der Waals surface area contributed by atoms with Crippen LogP contribution < -0.4 is 11.2 Å². The van der Waals surface area contributed by atoms with Gasteiger partial charge >= 0.3 is 5.69 Å². The third-order valence-corrected chi connectivity index (χ3v) is 3.30. The molecule has 1 aliphatic heterocycles. The van der Waals surface area contributed by atoms with Crippen molar-refractivity contribution in [1.82, 2.24) is 14.0 Å². The van der Waals surface area contributed by atoms with Crippen LogP contribution in [0.25, 0.3) is 0 Å². The van der Waals surface area contributed by atoms with Gasteiger partial charge in [-0.2, -0.15) is 0 Å². The summed E-state index contributed by atoms with van der Waals surface area (Å²) >= 11 is 0. The summed E-state index contributed by atoms with van der Waals surface area (Å²) < 4.78 is 8.26. The van der Waals surface area contributed by atoms with Crippen LogP contribution in [-0.2, 0) is 18.3 Å². The fourth-order valence-corrected chi connectivity index (χ4v) is 2.16. The number of nitrogens with zero attached hydrogens (tertiary/aromatic N) is 3. The van der Waals surface area contributed by atoms with Gasteiger partial charge in [0.15, 0.2) is 0 Å². The molecule has 18 heavy (non-hydrogen) atoms. The molecule has 0 spiro atoms. The van der Waals surface area contributed by atoms with Gasteiger partial charge in [-0.1, -0.05) is 6.92 Å². The van der Waals surface area contributed by atoms with E-state index in [1.807, 2.05) is 0 Å². The highest BCUT2D eigenvalue weighted by atomic mass is 16.5. The molecule has 6 heteroatoms. The summed E-state index contributed by atoms with van der Waals surface area (Å²) in [4.78, 5) is 25.8. The average Bonchev–Trinajstić information content (AvgIpc) is 2.39. The summed E-state index contributed by atoms with van der Waals surface area (Å²) in [7, 11) is 1.64. The van der Waals surface area contributed by atoms with Crippen molar-refractivity contribution in [2.75, 3.05) is 26.2 Å². The predicted octanol–water partition coefficient (Wildman–Crippen LogP) is -0.732. The van der Waals surface area contributed by atoms with Gasteiger partial charge in [0.2, 0.25) is 0 Å². The lowest BCUT2D eigenvalue weighted by atomic mass is 10.2. The quantitative estimate of drug-likeness (QED) is 0.712. The summed E-state index contributed by atoms with van der Waals surface area (Å²) in [6.07, 6.45) is 1.40. The van der Waals surface area contributed by atoms with Crippen LogP contribution in [0, 0.1) is 0 Å². The van der Waals surface area contributed by atoms with E-state index in [1.165, 1.54) is 21.4 Å². The second-order valence-corrected chi connectivity index (χ2v) is 4.54. The van der Waals surface area contributed by atoms with Gasteiger partial charge in [-0.25, -0.2) is 4.79 Å². The first-order valence-corrected chi connectivity index (χ1v) is 6.22. The molecule has 1 aromatic rings. The van der Waals surface area contributed by atoms with Gasteiger partial charge in [0, 0.05) is 32.4 Å². The third-order valence-electron chi connectivity index (χ3n) is 3.30. The number of aromatic nitrogens is 2. The van der Waals surface area contributed by atoms with Crippen LogP contribution >= 0.6 is 0 Å². The number of ether oxygens (including phenoxy) is 1. The first kappa shape index (κ1) is 13.0. The van der Waals surface area contributed by atoms with E-state index in [2.05, 4.69) is 11.8 Å². The van der Waals surface area contributed by atoms with E-state index >= 15 is 0 Å². The molecule has 0 radical (unpaired) electrons. The van der Waals surface area contributed by atoms with Crippen molar-refractivity contribution in [2.45, 2.75) is 19.6 Å². The maximum absolute atomic E-state index is 11.9. The first-order chi connectivity index (χ1) is 8.61. The lowest BCUT2D eigenvalue weighted by Crippen LogP contribution is -2.48. The largest absolute Gasteiger partial charge is 0.374 e. The van der Waals surface area contributed by atoms with E-state index in [1.54, 1.807) is 7.05 Å². The Morgan fingerprint density at radius 3 is 2.94 bits per heavy atom. The number of hydrogen-bond acceptors (Lipinski definition) is 4. The van der Waals surface area contributed by atoms with Crippen LogP contribution in [0.1, 0.15) is 6.92 Å². The van der Waals surface area contributed by atoms with Gasteiger partial charge in [0.25, 0.3) is 5.56 Å². The Morgan fingerprint density at radius 2 is 2.22 bits per heavy atom. The molecular formula is C12H19N3O3. The van der Waals surface area contributed by atoms with Crippen molar-refractivity contribution < 1.29 is 4.74 Å². The van der Waals surface area contributed by atoms with E-state index in [0.29, 0.717) is 13.2 Å². The summed E-state index contributed by atoms with van der Waals surface area (Å²) in [6.45, 7) is 5.70. The molecule has 0 saturated carbocycles. The smallest absolute Gasteiger partial charge is 0.330 e. The molecule has 0 aliphatic carbocycles. The zero-order valence-electron chi connectivity index (χ0n) is 10.8. The molecule has 0 N–H and O–H groups in total. The van der Waals surface area contributed by atoms with Crippen LogP contribution in [-0.4, -0.2) is 46.4 Å². The molecule has 2 heterocycles. The number of hydrogen-bond donors (Lipinski definition) is 0. The second-order valence-electron chi connectivity index (χ2n) is 4.54. The van der Waals surface area contributed by atoms with Crippen LogP contribution in [0.2, 0.25) is 0 Å². The van der Waals surface area contributed by atoms with E-state index < -0.39 is 0 Å². The molecule has 1 unspecified atom stereocenters. The van der Waals surface area contributed by atoms with Crippen molar-refractivity contribution >= 4 is 0 Å². The van der Waals surface area contributed by atoms with E-state index in [-0.39, 0.29) is 17.4 Å². The number of rotatable bonds is 3. The zero-order valence-corrected chi connectivity index (χ0v) is 10.8.